The first-order valence-corrected chi connectivity index (χ1v) is 13.9. The topological polar surface area (TPSA) is 138 Å². The highest BCUT2D eigenvalue weighted by atomic mass is 32.2. The molecule has 4 heterocycles. The fourth-order valence-corrected chi connectivity index (χ4v) is 5.38. The standard InChI is InChI=1S/C27H32BN5O5S/c34-26(35)15-24-9-10-25(28(37)38-24)39-14-13-31-27(36)20-7-8-23(32-16-20)19-33(17-21-5-1-3-11-29-21)18-22-6-2-4-12-30-22/h1-8,11-12,16,24-25,37H,9-10,13-15,17-19H2,(H,31,36)(H,34,35)/t24-,25-/m0/s1. The molecular weight excluding hydrogens is 517 g/mol. The molecule has 0 unspecified atom stereocenters. The molecule has 12 heteroatoms. The number of aromatic nitrogens is 3. The Labute approximate surface area is 232 Å². The van der Waals surface area contributed by atoms with Crippen LogP contribution in [0.4, 0.5) is 0 Å². The van der Waals surface area contributed by atoms with E-state index in [0.29, 0.717) is 50.3 Å². The lowest BCUT2D eigenvalue weighted by Crippen LogP contribution is -2.42. The summed E-state index contributed by atoms with van der Waals surface area (Å²) >= 11 is 1.51. The summed E-state index contributed by atoms with van der Waals surface area (Å²) in [7, 11) is -1.00. The van der Waals surface area contributed by atoms with Gasteiger partial charge in [-0.15, -0.1) is 0 Å². The smallest absolute Gasteiger partial charge is 0.468 e. The number of carbonyl (C=O) groups is 2. The van der Waals surface area contributed by atoms with Gasteiger partial charge in [-0.05, 0) is 49.2 Å². The third kappa shape index (κ3) is 9.43. The van der Waals surface area contributed by atoms with Gasteiger partial charge in [0.2, 0.25) is 0 Å². The fourth-order valence-electron chi connectivity index (χ4n) is 4.32. The molecule has 3 aromatic heterocycles. The molecule has 3 aromatic rings. The van der Waals surface area contributed by atoms with Crippen molar-refractivity contribution in [3.8, 4) is 0 Å². The molecule has 0 aliphatic carbocycles. The quantitative estimate of drug-likeness (QED) is 0.216. The predicted octanol–water partition coefficient (Wildman–Crippen LogP) is 2.58. The first kappa shape index (κ1) is 28.7. The Bertz CT molecular complexity index is 1150. The molecule has 204 valence electrons. The first-order valence-electron chi connectivity index (χ1n) is 12.9. The summed E-state index contributed by atoms with van der Waals surface area (Å²) in [5.74, 6) is -0.549. The number of carboxylic acids is 1. The van der Waals surface area contributed by atoms with Crippen LogP contribution in [0.2, 0.25) is 0 Å². The average Bonchev–Trinajstić information content (AvgIpc) is 2.93. The van der Waals surface area contributed by atoms with Gasteiger partial charge in [-0.1, -0.05) is 12.1 Å². The number of aliphatic carboxylic acids is 1. The number of rotatable bonds is 13. The second-order valence-corrected chi connectivity index (χ2v) is 10.7. The molecule has 0 bridgehead atoms. The van der Waals surface area contributed by atoms with Crippen molar-refractivity contribution in [3.05, 3.63) is 89.8 Å². The number of carboxylic acid groups (broad SMARTS) is 1. The van der Waals surface area contributed by atoms with Gasteiger partial charge < -0.3 is 20.1 Å². The van der Waals surface area contributed by atoms with Gasteiger partial charge in [0.15, 0.2) is 0 Å². The Kier molecular flexibility index (Phi) is 10.8. The number of thioether (sulfide) groups is 1. The van der Waals surface area contributed by atoms with Crippen molar-refractivity contribution in [2.45, 2.75) is 50.1 Å². The average molecular weight is 549 g/mol. The monoisotopic (exact) mass is 549 g/mol. The second kappa shape index (κ2) is 14.7. The first-order chi connectivity index (χ1) is 19.0. The molecule has 0 radical (unpaired) electrons. The van der Waals surface area contributed by atoms with E-state index < -0.39 is 19.2 Å². The zero-order valence-electron chi connectivity index (χ0n) is 21.6. The summed E-state index contributed by atoms with van der Waals surface area (Å²) < 4.78 is 5.41. The van der Waals surface area contributed by atoms with E-state index >= 15 is 0 Å². The molecule has 10 nitrogen and oxygen atoms in total. The molecule has 1 saturated heterocycles. The van der Waals surface area contributed by atoms with Gasteiger partial charge in [-0.25, -0.2) is 0 Å². The Morgan fingerprint density at radius 1 is 0.974 bits per heavy atom. The lowest BCUT2D eigenvalue weighted by molar-refractivity contribution is -0.139. The molecule has 39 heavy (non-hydrogen) atoms. The molecule has 2 atom stereocenters. The summed E-state index contributed by atoms with van der Waals surface area (Å²) in [5, 5.41) is 21.8. The van der Waals surface area contributed by atoms with Crippen molar-refractivity contribution in [2.24, 2.45) is 0 Å². The van der Waals surface area contributed by atoms with Crippen LogP contribution in [0.25, 0.3) is 0 Å². The zero-order valence-corrected chi connectivity index (χ0v) is 22.4. The van der Waals surface area contributed by atoms with Gasteiger partial charge in [-0.2, -0.15) is 11.8 Å². The Morgan fingerprint density at radius 3 is 2.18 bits per heavy atom. The van der Waals surface area contributed by atoms with Crippen LogP contribution in [-0.2, 0) is 29.1 Å². The summed E-state index contributed by atoms with van der Waals surface area (Å²) in [6.07, 6.45) is 5.83. The Morgan fingerprint density at radius 2 is 1.64 bits per heavy atom. The SMILES string of the molecule is O=C(O)C[C@@H]1CC[C@H](SCCNC(=O)c2ccc(CN(Cc3ccccn3)Cc3ccccn3)nc2)B(O)O1. The van der Waals surface area contributed by atoms with Crippen LogP contribution in [0.5, 0.6) is 0 Å². The number of nitrogens with zero attached hydrogens (tertiary/aromatic N) is 4. The highest BCUT2D eigenvalue weighted by Gasteiger charge is 2.35. The number of nitrogens with one attached hydrogen (secondary N) is 1. The number of hydrogen-bond acceptors (Lipinski definition) is 9. The van der Waals surface area contributed by atoms with Crippen LogP contribution in [0.15, 0.2) is 67.1 Å². The lowest BCUT2D eigenvalue weighted by Gasteiger charge is -2.30. The molecule has 3 N–H and O–H groups in total. The normalized spacial score (nSPS) is 17.2. The maximum absolute atomic E-state index is 12.6. The van der Waals surface area contributed by atoms with Crippen molar-refractivity contribution in [3.63, 3.8) is 0 Å². The fraction of sp³-hybridized carbons (Fsp3) is 0.370. The van der Waals surface area contributed by atoms with Crippen molar-refractivity contribution in [2.75, 3.05) is 12.3 Å². The van der Waals surface area contributed by atoms with Gasteiger partial charge >= 0.3 is 13.1 Å². The Hall–Kier alpha value is -3.32. The minimum atomic E-state index is -1.00. The van der Waals surface area contributed by atoms with E-state index in [1.54, 1.807) is 24.7 Å². The maximum atomic E-state index is 12.6. The largest absolute Gasteiger partial charge is 0.481 e. The summed E-state index contributed by atoms with van der Waals surface area (Å²) in [5.41, 5.74) is 3.22. The number of carbonyl (C=O) groups excluding carboxylic acids is 1. The van der Waals surface area contributed by atoms with Gasteiger partial charge in [-0.3, -0.25) is 29.4 Å². The van der Waals surface area contributed by atoms with E-state index in [4.69, 9.17) is 9.76 Å². The molecule has 1 fully saturated rings. The van der Waals surface area contributed by atoms with Crippen molar-refractivity contribution >= 4 is 30.8 Å². The molecule has 0 aromatic carbocycles. The van der Waals surface area contributed by atoms with E-state index in [1.807, 2.05) is 42.5 Å². The summed E-state index contributed by atoms with van der Waals surface area (Å²) in [6, 6.07) is 15.3. The molecule has 0 spiro atoms. The lowest BCUT2D eigenvalue weighted by atomic mass is 9.77. The minimum Gasteiger partial charge on any atom is -0.481 e. The molecule has 4 rings (SSSR count). The molecule has 0 saturated carbocycles. The van der Waals surface area contributed by atoms with E-state index in [0.717, 1.165) is 17.1 Å². The van der Waals surface area contributed by atoms with Gasteiger partial charge in [0.05, 0.1) is 35.2 Å². The van der Waals surface area contributed by atoms with Crippen LogP contribution >= 0.6 is 11.8 Å². The van der Waals surface area contributed by atoms with Gasteiger partial charge in [0.1, 0.15) is 0 Å². The van der Waals surface area contributed by atoms with Crippen LogP contribution < -0.4 is 5.32 Å². The van der Waals surface area contributed by atoms with E-state index in [2.05, 4.69) is 25.2 Å². The van der Waals surface area contributed by atoms with Gasteiger partial charge in [0.25, 0.3) is 5.91 Å². The highest BCUT2D eigenvalue weighted by Crippen LogP contribution is 2.27. The van der Waals surface area contributed by atoms with Crippen LogP contribution in [0.1, 0.15) is 46.7 Å². The summed E-state index contributed by atoms with van der Waals surface area (Å²) in [4.78, 5) is 39.0. The minimum absolute atomic E-state index is 0.107. The second-order valence-electron chi connectivity index (χ2n) is 9.31. The maximum Gasteiger partial charge on any atom is 0.468 e. The van der Waals surface area contributed by atoms with E-state index in [1.165, 1.54) is 11.8 Å². The molecule has 1 aliphatic heterocycles. The molecule has 1 aliphatic rings. The van der Waals surface area contributed by atoms with Crippen molar-refractivity contribution < 1.29 is 24.4 Å². The zero-order chi connectivity index (χ0) is 27.5. The van der Waals surface area contributed by atoms with Crippen LogP contribution in [0, 0.1) is 0 Å². The predicted molar refractivity (Wildman–Crippen MR) is 149 cm³/mol. The third-order valence-corrected chi connectivity index (χ3v) is 7.58. The van der Waals surface area contributed by atoms with Crippen LogP contribution in [0.3, 0.4) is 0 Å². The molecular formula is C27H32BN5O5S. The third-order valence-electron chi connectivity index (χ3n) is 6.24. The van der Waals surface area contributed by atoms with E-state index in [-0.39, 0.29) is 17.5 Å². The summed E-state index contributed by atoms with van der Waals surface area (Å²) in [6.45, 7) is 2.28. The Balaban J connectivity index is 1.24. The van der Waals surface area contributed by atoms with Crippen molar-refractivity contribution in [1.82, 2.24) is 25.2 Å². The van der Waals surface area contributed by atoms with Gasteiger partial charge in [0, 0.05) is 55.7 Å². The highest BCUT2D eigenvalue weighted by molar-refractivity contribution is 8.01. The molecule has 1 amide bonds. The van der Waals surface area contributed by atoms with E-state index in [9.17, 15) is 14.6 Å². The number of amides is 1. The van der Waals surface area contributed by atoms with Crippen molar-refractivity contribution in [1.29, 1.82) is 0 Å². The van der Waals surface area contributed by atoms with Crippen LogP contribution in [-0.4, -0.2) is 72.5 Å². The number of hydrogen-bond donors (Lipinski definition) is 3. The number of pyridine rings is 3.